The Balaban J connectivity index is 0.00000192. The first-order valence-corrected chi connectivity index (χ1v) is 7.57. The molecule has 23 heavy (non-hydrogen) atoms. The van der Waals surface area contributed by atoms with Crippen molar-refractivity contribution in [2.24, 2.45) is 11.7 Å². The maximum Gasteiger partial charge on any atom is 0.416 e. The molecule has 3 atom stereocenters. The number of hydrazine groups is 1. The topological polar surface area (TPSA) is 53.3 Å². The summed E-state index contributed by atoms with van der Waals surface area (Å²) in [5.41, 5.74) is 12.5. The van der Waals surface area contributed by atoms with Crippen molar-refractivity contribution in [1.29, 1.82) is 0 Å². The number of benzene rings is 1. The van der Waals surface area contributed by atoms with E-state index in [4.69, 9.17) is 5.73 Å². The summed E-state index contributed by atoms with van der Waals surface area (Å²) in [6, 6.07) is 5.70. The van der Waals surface area contributed by atoms with Gasteiger partial charge in [0, 0.05) is 31.6 Å². The van der Waals surface area contributed by atoms with Crippen LogP contribution in [0.1, 0.15) is 23.6 Å². The van der Waals surface area contributed by atoms with Gasteiger partial charge in [-0.25, -0.2) is 5.43 Å². The van der Waals surface area contributed by atoms with Gasteiger partial charge >= 0.3 is 6.18 Å². The highest BCUT2D eigenvalue weighted by atomic mass is 35.5. The van der Waals surface area contributed by atoms with E-state index in [-0.39, 0.29) is 24.5 Å². The van der Waals surface area contributed by atoms with Crippen LogP contribution < -0.4 is 16.6 Å². The Morgan fingerprint density at radius 3 is 2.48 bits per heavy atom. The number of alkyl halides is 3. The highest BCUT2D eigenvalue weighted by molar-refractivity contribution is 5.85. The molecule has 2 heterocycles. The van der Waals surface area contributed by atoms with E-state index < -0.39 is 11.7 Å². The Morgan fingerprint density at radius 2 is 1.91 bits per heavy atom. The summed E-state index contributed by atoms with van der Waals surface area (Å²) in [5, 5.41) is 0. The number of nitrogens with two attached hydrogens (primary N) is 1. The van der Waals surface area contributed by atoms with E-state index in [1.165, 1.54) is 0 Å². The molecule has 2 fully saturated rings. The van der Waals surface area contributed by atoms with Gasteiger partial charge in [-0.15, -0.1) is 12.4 Å². The minimum atomic E-state index is -4.29. The molecule has 4 N–H and O–H groups in total. The number of likely N-dealkylation sites (tertiary alicyclic amines) is 1. The van der Waals surface area contributed by atoms with Crippen molar-refractivity contribution in [2.75, 3.05) is 26.2 Å². The summed E-state index contributed by atoms with van der Waals surface area (Å²) >= 11 is 0. The molecule has 8 heteroatoms. The highest BCUT2D eigenvalue weighted by Crippen LogP contribution is 2.32. The van der Waals surface area contributed by atoms with Crippen molar-refractivity contribution < 1.29 is 13.2 Å². The number of hydrogen-bond acceptors (Lipinski definition) is 4. The number of hydrogen-bond donors (Lipinski definition) is 3. The largest absolute Gasteiger partial charge is 0.416 e. The monoisotopic (exact) mass is 350 g/mol. The summed E-state index contributed by atoms with van der Waals surface area (Å²) in [5.74, 6) is 0.321. The molecule has 1 aromatic rings. The zero-order chi connectivity index (χ0) is 15.7. The smallest absolute Gasteiger partial charge is 0.326 e. The molecule has 2 aliphatic rings. The van der Waals surface area contributed by atoms with E-state index in [2.05, 4.69) is 15.8 Å². The van der Waals surface area contributed by atoms with E-state index in [1.807, 2.05) is 0 Å². The quantitative estimate of drug-likeness (QED) is 0.779. The van der Waals surface area contributed by atoms with Gasteiger partial charge in [0.25, 0.3) is 0 Å². The first-order chi connectivity index (χ1) is 10.4. The lowest BCUT2D eigenvalue weighted by Gasteiger charge is -2.24. The zero-order valence-corrected chi connectivity index (χ0v) is 13.5. The highest BCUT2D eigenvalue weighted by Gasteiger charge is 2.33. The lowest BCUT2D eigenvalue weighted by atomic mass is 9.94. The molecule has 0 radical (unpaired) electrons. The minimum Gasteiger partial charge on any atom is -0.326 e. The molecule has 130 valence electrons. The van der Waals surface area contributed by atoms with Crippen LogP contribution in [0.15, 0.2) is 24.3 Å². The molecule has 0 aliphatic carbocycles. The van der Waals surface area contributed by atoms with Crippen molar-refractivity contribution in [3.05, 3.63) is 35.4 Å². The van der Waals surface area contributed by atoms with E-state index >= 15 is 0 Å². The van der Waals surface area contributed by atoms with Crippen LogP contribution in [0.4, 0.5) is 13.2 Å². The summed E-state index contributed by atoms with van der Waals surface area (Å²) in [6.07, 6.45) is -3.27. The second-order valence-corrected chi connectivity index (χ2v) is 6.19. The van der Waals surface area contributed by atoms with Gasteiger partial charge < -0.3 is 10.6 Å². The molecule has 4 nitrogen and oxygen atoms in total. The van der Waals surface area contributed by atoms with Crippen LogP contribution in [-0.4, -0.2) is 37.1 Å². The minimum absolute atomic E-state index is 0. The maximum atomic E-state index is 12.6. The fourth-order valence-corrected chi connectivity index (χ4v) is 3.30. The average Bonchev–Trinajstić information content (AvgIpc) is 3.08. The number of halogens is 4. The zero-order valence-electron chi connectivity index (χ0n) is 12.6. The van der Waals surface area contributed by atoms with Crippen molar-refractivity contribution >= 4 is 12.4 Å². The molecule has 3 rings (SSSR count). The van der Waals surface area contributed by atoms with Crippen molar-refractivity contribution in [3.63, 3.8) is 0 Å². The van der Waals surface area contributed by atoms with Crippen LogP contribution in [-0.2, 0) is 6.18 Å². The molecule has 0 bridgehead atoms. The second-order valence-electron chi connectivity index (χ2n) is 6.19. The SMILES string of the molecule is Cl.N[C@@H]1CCN(CC2CNNC2c2ccc(C(F)(F)F)cc2)C1. The van der Waals surface area contributed by atoms with Gasteiger partial charge in [-0.2, -0.15) is 13.2 Å². The number of nitrogens with one attached hydrogen (secondary N) is 2. The molecular formula is C15H22ClF3N4. The number of nitrogens with zero attached hydrogens (tertiary/aromatic N) is 1. The van der Waals surface area contributed by atoms with Crippen molar-refractivity contribution in [2.45, 2.75) is 24.7 Å². The van der Waals surface area contributed by atoms with E-state index in [0.717, 1.165) is 50.3 Å². The van der Waals surface area contributed by atoms with Crippen LogP contribution in [0.2, 0.25) is 0 Å². The first-order valence-electron chi connectivity index (χ1n) is 7.57. The molecule has 1 aromatic carbocycles. The Kier molecular flexibility index (Phi) is 5.91. The van der Waals surface area contributed by atoms with Gasteiger partial charge in [0.05, 0.1) is 11.6 Å². The van der Waals surface area contributed by atoms with Crippen LogP contribution in [0.5, 0.6) is 0 Å². The Hall–Kier alpha value is -0.860. The summed E-state index contributed by atoms with van der Waals surface area (Å²) in [7, 11) is 0. The third-order valence-electron chi connectivity index (χ3n) is 4.49. The Morgan fingerprint density at radius 1 is 1.22 bits per heavy atom. The summed E-state index contributed by atoms with van der Waals surface area (Å²) < 4.78 is 37.9. The molecule has 0 amide bonds. The van der Waals surface area contributed by atoms with Crippen LogP contribution in [0.25, 0.3) is 0 Å². The van der Waals surface area contributed by atoms with Crippen molar-refractivity contribution in [3.8, 4) is 0 Å². The van der Waals surface area contributed by atoms with E-state index in [1.54, 1.807) is 12.1 Å². The summed E-state index contributed by atoms with van der Waals surface area (Å²) in [6.45, 7) is 3.60. The second kappa shape index (κ2) is 7.36. The first kappa shape index (κ1) is 18.5. The average molecular weight is 351 g/mol. The maximum absolute atomic E-state index is 12.6. The van der Waals surface area contributed by atoms with Gasteiger partial charge in [-0.3, -0.25) is 5.43 Å². The van der Waals surface area contributed by atoms with Gasteiger partial charge in [0.2, 0.25) is 0 Å². The predicted molar refractivity (Wildman–Crippen MR) is 85.1 cm³/mol. The lowest BCUT2D eigenvalue weighted by Crippen LogP contribution is -2.33. The molecule has 0 saturated carbocycles. The van der Waals surface area contributed by atoms with Crippen molar-refractivity contribution in [1.82, 2.24) is 15.8 Å². The van der Waals surface area contributed by atoms with Gasteiger partial charge in [0.15, 0.2) is 0 Å². The molecule has 2 saturated heterocycles. The third-order valence-corrected chi connectivity index (χ3v) is 4.49. The fourth-order valence-electron chi connectivity index (χ4n) is 3.30. The Bertz CT molecular complexity index is 508. The molecule has 2 aliphatic heterocycles. The van der Waals surface area contributed by atoms with Crippen LogP contribution in [0, 0.1) is 5.92 Å². The fraction of sp³-hybridized carbons (Fsp3) is 0.600. The normalized spacial score (nSPS) is 28.8. The van der Waals surface area contributed by atoms with E-state index in [0.29, 0.717) is 5.92 Å². The molecule has 0 spiro atoms. The molecular weight excluding hydrogens is 329 g/mol. The van der Waals surface area contributed by atoms with Gasteiger partial charge in [-0.05, 0) is 30.7 Å². The molecule has 0 aromatic heterocycles. The lowest BCUT2D eigenvalue weighted by molar-refractivity contribution is -0.137. The van der Waals surface area contributed by atoms with Crippen LogP contribution in [0.3, 0.4) is 0 Å². The number of rotatable bonds is 3. The van der Waals surface area contributed by atoms with Gasteiger partial charge in [-0.1, -0.05) is 12.1 Å². The standard InChI is InChI=1S/C15H21F3N4.ClH/c16-15(17,18)12-3-1-10(2-4-12)14-11(7-20-21-14)8-22-6-5-13(19)9-22;/h1-4,11,13-14,20-21H,5-9,19H2;1H/t11?,13-,14?;/m1./s1. The molecule has 2 unspecified atom stereocenters. The van der Waals surface area contributed by atoms with E-state index in [9.17, 15) is 13.2 Å². The Labute approximate surface area is 140 Å². The third kappa shape index (κ3) is 4.36. The summed E-state index contributed by atoms with van der Waals surface area (Å²) in [4.78, 5) is 2.33. The predicted octanol–water partition coefficient (Wildman–Crippen LogP) is 1.93. The van der Waals surface area contributed by atoms with Gasteiger partial charge in [0.1, 0.15) is 0 Å². The van der Waals surface area contributed by atoms with Crippen LogP contribution >= 0.6 is 12.4 Å².